The van der Waals surface area contributed by atoms with Gasteiger partial charge in [-0.2, -0.15) is 5.10 Å². The number of hydrogen-bond acceptors (Lipinski definition) is 5. The fourth-order valence-corrected chi connectivity index (χ4v) is 2.29. The van der Waals surface area contributed by atoms with Crippen LogP contribution in [0.5, 0.6) is 0 Å². The molecule has 2 rings (SSSR count). The fourth-order valence-electron chi connectivity index (χ4n) is 2.29. The van der Waals surface area contributed by atoms with Gasteiger partial charge in [0, 0.05) is 19.9 Å². The molecule has 2 heterocycles. The number of nitrogens with zero attached hydrogens (tertiary/aromatic N) is 4. The highest BCUT2D eigenvalue weighted by molar-refractivity contribution is 5.35. The summed E-state index contributed by atoms with van der Waals surface area (Å²) < 4.78 is 34.3. The van der Waals surface area contributed by atoms with Crippen LogP contribution in [0.2, 0.25) is 0 Å². The van der Waals surface area contributed by atoms with Gasteiger partial charge in [-0.3, -0.25) is 19.8 Å². The largest absolute Gasteiger partial charge is 0.369 e. The lowest BCUT2D eigenvalue weighted by Gasteiger charge is -2.19. The summed E-state index contributed by atoms with van der Waals surface area (Å²) in [5.74, 6) is -3.02. The monoisotopic (exact) mass is 288 g/mol. The van der Waals surface area contributed by atoms with Crippen molar-refractivity contribution >= 4 is 12.4 Å². The van der Waals surface area contributed by atoms with Gasteiger partial charge in [0.15, 0.2) is 0 Å². The summed E-state index contributed by atoms with van der Waals surface area (Å²) in [5.41, 5.74) is -0.280. The summed E-state index contributed by atoms with van der Waals surface area (Å²) in [7, 11) is 1.46. The second-order valence-corrected chi connectivity index (χ2v) is 4.72. The number of aliphatic imine (C=N–C) groups is 1. The summed E-state index contributed by atoms with van der Waals surface area (Å²) in [6.45, 7) is 3.20. The third-order valence-electron chi connectivity index (χ3n) is 3.23. The van der Waals surface area contributed by atoms with Crippen LogP contribution in [0.3, 0.4) is 0 Å². The predicted octanol–water partition coefficient (Wildman–Crippen LogP) is 1.88. The summed E-state index contributed by atoms with van der Waals surface area (Å²) >= 11 is 0. The number of halogens is 2. The van der Waals surface area contributed by atoms with E-state index in [4.69, 9.17) is 4.74 Å². The van der Waals surface area contributed by atoms with Crippen molar-refractivity contribution in [1.82, 2.24) is 9.78 Å². The minimum Gasteiger partial charge on any atom is -0.369 e. The second kappa shape index (κ2) is 5.23. The van der Waals surface area contributed by atoms with Crippen LogP contribution >= 0.6 is 0 Å². The number of hydrogen-bond donors (Lipinski definition) is 0. The Morgan fingerprint density at radius 2 is 2.35 bits per heavy atom. The molecule has 110 valence electrons. The molecule has 9 heteroatoms. The second-order valence-electron chi connectivity index (χ2n) is 4.72. The maximum absolute atomic E-state index is 13.8. The van der Waals surface area contributed by atoms with Crippen LogP contribution in [0.4, 0.5) is 14.5 Å². The van der Waals surface area contributed by atoms with Gasteiger partial charge in [0.1, 0.15) is 18.0 Å². The molecule has 0 amide bonds. The quantitative estimate of drug-likeness (QED) is 0.483. The van der Waals surface area contributed by atoms with Gasteiger partial charge < -0.3 is 4.74 Å². The maximum atomic E-state index is 13.8. The van der Waals surface area contributed by atoms with Gasteiger partial charge in [0.2, 0.25) is 0 Å². The maximum Gasteiger partial charge on any atom is 0.312 e. The Labute approximate surface area is 113 Å². The first-order chi connectivity index (χ1) is 9.34. The molecule has 2 unspecified atom stereocenters. The zero-order valence-electron chi connectivity index (χ0n) is 10.8. The summed E-state index contributed by atoms with van der Waals surface area (Å²) in [6, 6.07) is -0.720. The molecule has 0 spiro atoms. The Bertz CT molecular complexity index is 532. The van der Waals surface area contributed by atoms with E-state index in [0.29, 0.717) is 0 Å². The van der Waals surface area contributed by atoms with Crippen LogP contribution < -0.4 is 0 Å². The molecule has 7 nitrogen and oxygen atoms in total. The van der Waals surface area contributed by atoms with Gasteiger partial charge in [-0.25, -0.2) is 8.78 Å². The van der Waals surface area contributed by atoms with E-state index in [9.17, 15) is 18.9 Å². The van der Waals surface area contributed by atoms with Gasteiger partial charge in [-0.15, -0.1) is 0 Å². The van der Waals surface area contributed by atoms with Crippen molar-refractivity contribution in [2.24, 2.45) is 12.0 Å². The molecule has 0 bridgehead atoms. The Morgan fingerprint density at radius 3 is 2.95 bits per heavy atom. The molecule has 2 atom stereocenters. The first-order valence-electron chi connectivity index (χ1n) is 5.95. The Balaban J connectivity index is 2.35. The fraction of sp³-hybridized carbons (Fsp3) is 0.636. The molecule has 1 fully saturated rings. The third-order valence-corrected chi connectivity index (χ3v) is 3.23. The molecule has 0 N–H and O–H groups in total. The Kier molecular flexibility index (Phi) is 3.80. The molecule has 1 aromatic heterocycles. The van der Waals surface area contributed by atoms with Crippen LogP contribution in [0.1, 0.15) is 24.6 Å². The zero-order valence-corrected chi connectivity index (χ0v) is 10.8. The first kappa shape index (κ1) is 14.5. The smallest absolute Gasteiger partial charge is 0.312 e. The van der Waals surface area contributed by atoms with Gasteiger partial charge in [0.25, 0.3) is 5.92 Å². The van der Waals surface area contributed by atoms with Crippen LogP contribution in [-0.4, -0.2) is 40.0 Å². The van der Waals surface area contributed by atoms with Gasteiger partial charge in [-0.1, -0.05) is 0 Å². The van der Waals surface area contributed by atoms with E-state index in [1.807, 2.05) is 0 Å². The SMILES string of the molecule is C=NC1COC(c2c([N+](=O)[O-])cnn2C)CC(F)(F)C1. The van der Waals surface area contributed by atoms with Gasteiger partial charge in [-0.05, 0) is 6.72 Å². The van der Waals surface area contributed by atoms with Gasteiger partial charge >= 0.3 is 5.69 Å². The van der Waals surface area contributed by atoms with Crippen molar-refractivity contribution in [1.29, 1.82) is 0 Å². The molecular formula is C11H14F2N4O3. The number of ether oxygens (including phenoxy) is 1. The summed E-state index contributed by atoms with van der Waals surface area (Å²) in [5, 5.41) is 14.7. The van der Waals surface area contributed by atoms with E-state index >= 15 is 0 Å². The number of nitro groups is 1. The summed E-state index contributed by atoms with van der Waals surface area (Å²) in [6.07, 6.45) is -1.17. The molecule has 0 aromatic carbocycles. The molecule has 1 saturated heterocycles. The average molecular weight is 288 g/mol. The topological polar surface area (TPSA) is 82.6 Å². The van der Waals surface area contributed by atoms with Crippen LogP contribution in [0.15, 0.2) is 11.2 Å². The minimum atomic E-state index is -3.02. The van der Waals surface area contributed by atoms with Gasteiger partial charge in [0.05, 0.1) is 17.6 Å². The van der Waals surface area contributed by atoms with E-state index < -0.39 is 35.8 Å². The number of aromatic nitrogens is 2. The van der Waals surface area contributed by atoms with E-state index in [0.717, 1.165) is 6.20 Å². The van der Waals surface area contributed by atoms with Crippen LogP contribution in [0.25, 0.3) is 0 Å². The Morgan fingerprint density at radius 1 is 1.65 bits per heavy atom. The number of aryl methyl sites for hydroxylation is 1. The van der Waals surface area contributed by atoms with Crippen molar-refractivity contribution < 1.29 is 18.4 Å². The highest BCUT2D eigenvalue weighted by Crippen LogP contribution is 2.40. The highest BCUT2D eigenvalue weighted by atomic mass is 19.3. The summed E-state index contributed by atoms with van der Waals surface area (Å²) in [4.78, 5) is 13.9. The van der Waals surface area contributed by atoms with Crippen molar-refractivity contribution in [3.8, 4) is 0 Å². The molecule has 1 aromatic rings. The van der Waals surface area contributed by atoms with Crippen LogP contribution in [-0.2, 0) is 11.8 Å². The first-order valence-corrected chi connectivity index (χ1v) is 5.95. The molecule has 0 saturated carbocycles. The van der Waals surface area contributed by atoms with E-state index in [1.54, 1.807) is 0 Å². The van der Waals surface area contributed by atoms with E-state index in [2.05, 4.69) is 16.8 Å². The molecular weight excluding hydrogens is 274 g/mol. The van der Waals surface area contributed by atoms with Crippen molar-refractivity contribution in [2.45, 2.75) is 30.9 Å². The van der Waals surface area contributed by atoms with Crippen molar-refractivity contribution in [3.63, 3.8) is 0 Å². The average Bonchev–Trinajstić information content (AvgIpc) is 2.66. The lowest BCUT2D eigenvalue weighted by molar-refractivity contribution is -0.386. The Hall–Kier alpha value is -1.90. The zero-order chi connectivity index (χ0) is 14.9. The molecule has 1 aliphatic heterocycles. The van der Waals surface area contributed by atoms with Crippen LogP contribution in [0, 0.1) is 10.1 Å². The lowest BCUT2D eigenvalue weighted by Crippen LogP contribution is -2.23. The van der Waals surface area contributed by atoms with E-state index in [1.165, 1.54) is 11.7 Å². The molecule has 1 aliphatic rings. The highest BCUT2D eigenvalue weighted by Gasteiger charge is 2.42. The normalized spacial score (nSPS) is 25.9. The molecule has 0 aliphatic carbocycles. The predicted molar refractivity (Wildman–Crippen MR) is 66.1 cm³/mol. The third kappa shape index (κ3) is 2.82. The number of rotatable bonds is 3. The van der Waals surface area contributed by atoms with Crippen molar-refractivity contribution in [2.75, 3.05) is 6.61 Å². The molecule has 20 heavy (non-hydrogen) atoms. The number of alkyl halides is 2. The lowest BCUT2D eigenvalue weighted by atomic mass is 10.0. The van der Waals surface area contributed by atoms with E-state index in [-0.39, 0.29) is 18.0 Å². The molecule has 0 radical (unpaired) electrons. The van der Waals surface area contributed by atoms with Crippen molar-refractivity contribution in [3.05, 3.63) is 22.0 Å². The minimum absolute atomic E-state index is 0.0411. The standard InChI is InChI=1S/C11H14F2N4O3/c1-14-7-3-11(12,13)4-9(20-6-7)10-8(17(18)19)5-15-16(10)2/h5,7,9H,1,3-4,6H2,2H3.